The number of aryl methyl sites for hydroxylation is 2. The molecule has 29 heavy (non-hydrogen) atoms. The van der Waals surface area contributed by atoms with Gasteiger partial charge in [-0.1, -0.05) is 6.07 Å². The summed E-state index contributed by atoms with van der Waals surface area (Å²) in [6.45, 7) is 3.94. The molecule has 4 aromatic rings. The number of aliphatic hydroxyl groups excluding tert-OH is 1. The first-order chi connectivity index (χ1) is 14.0. The molecule has 4 rings (SSSR count). The van der Waals surface area contributed by atoms with E-state index in [1.54, 1.807) is 21.5 Å². The van der Waals surface area contributed by atoms with Crippen LogP contribution in [-0.2, 0) is 13.2 Å². The van der Waals surface area contributed by atoms with Gasteiger partial charge in [0.25, 0.3) is 0 Å². The molecule has 0 unspecified atom stereocenters. The van der Waals surface area contributed by atoms with E-state index in [0.717, 1.165) is 27.9 Å². The van der Waals surface area contributed by atoms with Crippen molar-refractivity contribution in [3.8, 4) is 17.0 Å². The van der Waals surface area contributed by atoms with Gasteiger partial charge in [0.15, 0.2) is 0 Å². The highest BCUT2D eigenvalue weighted by Crippen LogP contribution is 2.31. The summed E-state index contributed by atoms with van der Waals surface area (Å²) in [4.78, 5) is 0. The lowest BCUT2D eigenvalue weighted by molar-refractivity contribution is 0.269. The van der Waals surface area contributed by atoms with Crippen LogP contribution in [0.15, 0.2) is 42.7 Å². The van der Waals surface area contributed by atoms with Gasteiger partial charge in [-0.05, 0) is 37.6 Å². The number of hydrogen-bond acceptors (Lipinski definition) is 4. The number of fused-ring (bicyclic) bond motifs is 1. The Morgan fingerprint density at radius 2 is 1.90 bits per heavy atom. The molecule has 3 heterocycles. The third-order valence-electron chi connectivity index (χ3n) is 4.70. The first-order valence-electron chi connectivity index (χ1n) is 9.17. The molecule has 1 N–H and O–H groups in total. The zero-order valence-electron chi connectivity index (χ0n) is 16.1. The monoisotopic (exact) mass is 398 g/mol. The second-order valence-electron chi connectivity index (χ2n) is 6.83. The molecule has 0 spiro atoms. The molecule has 0 saturated carbocycles. The van der Waals surface area contributed by atoms with Crippen molar-refractivity contribution >= 4 is 5.52 Å². The zero-order valence-corrected chi connectivity index (χ0v) is 16.1. The molecule has 0 atom stereocenters. The highest BCUT2D eigenvalue weighted by atomic mass is 19.1. The zero-order chi connectivity index (χ0) is 20.5. The van der Waals surface area contributed by atoms with Crippen molar-refractivity contribution in [1.82, 2.24) is 19.4 Å². The minimum Gasteiger partial charge on any atom is -0.473 e. The summed E-state index contributed by atoms with van der Waals surface area (Å²) >= 11 is 0. The highest BCUT2D eigenvalue weighted by molar-refractivity contribution is 5.82. The molecule has 0 aliphatic heterocycles. The van der Waals surface area contributed by atoms with Crippen molar-refractivity contribution in [2.24, 2.45) is 0 Å². The number of hydrogen-bond donors (Lipinski definition) is 1. The number of nitrogens with zero attached hydrogens (tertiary/aromatic N) is 4. The van der Waals surface area contributed by atoms with E-state index in [4.69, 9.17) is 9.84 Å². The van der Waals surface area contributed by atoms with Gasteiger partial charge in [0.2, 0.25) is 5.88 Å². The van der Waals surface area contributed by atoms with Gasteiger partial charge in [-0.15, -0.1) is 0 Å². The Hall–Kier alpha value is -3.26. The summed E-state index contributed by atoms with van der Waals surface area (Å²) in [7, 11) is 0. The molecule has 1 aromatic carbocycles. The molecular formula is C21H20F2N4O2. The molecule has 8 heteroatoms. The highest BCUT2D eigenvalue weighted by Gasteiger charge is 2.17. The number of ether oxygens (including phenoxy) is 1. The molecule has 0 aliphatic carbocycles. The third-order valence-corrected chi connectivity index (χ3v) is 4.70. The van der Waals surface area contributed by atoms with E-state index in [0.29, 0.717) is 12.4 Å². The van der Waals surface area contributed by atoms with E-state index < -0.39 is 11.6 Å². The summed E-state index contributed by atoms with van der Waals surface area (Å²) < 4.78 is 36.9. The Labute approximate surface area is 166 Å². The third kappa shape index (κ3) is 3.58. The van der Waals surface area contributed by atoms with Crippen LogP contribution in [0.25, 0.3) is 16.6 Å². The number of benzene rings is 1. The van der Waals surface area contributed by atoms with E-state index in [2.05, 4.69) is 10.2 Å². The second kappa shape index (κ2) is 7.63. The summed E-state index contributed by atoms with van der Waals surface area (Å²) in [6, 6.07) is 7.47. The van der Waals surface area contributed by atoms with E-state index in [1.165, 1.54) is 18.2 Å². The SMILES string of the molecule is Cc1cc(OCc2c(F)cccc2F)n2nc(C)c(-c3cnn(CCO)c3)c2c1. The molecule has 3 aromatic heterocycles. The summed E-state index contributed by atoms with van der Waals surface area (Å²) in [6.07, 6.45) is 3.56. The Morgan fingerprint density at radius 1 is 1.14 bits per heavy atom. The summed E-state index contributed by atoms with van der Waals surface area (Å²) in [5.41, 5.74) is 4.11. The van der Waals surface area contributed by atoms with Crippen molar-refractivity contribution < 1.29 is 18.6 Å². The van der Waals surface area contributed by atoms with Gasteiger partial charge in [-0.3, -0.25) is 4.68 Å². The van der Waals surface area contributed by atoms with Crippen molar-refractivity contribution in [2.45, 2.75) is 27.0 Å². The topological polar surface area (TPSA) is 64.6 Å². The normalized spacial score (nSPS) is 11.3. The molecule has 0 fully saturated rings. The van der Waals surface area contributed by atoms with Crippen LogP contribution in [0.4, 0.5) is 8.78 Å². The molecule has 0 radical (unpaired) electrons. The summed E-state index contributed by atoms with van der Waals surface area (Å²) in [5.74, 6) is -0.912. The van der Waals surface area contributed by atoms with Crippen molar-refractivity contribution in [3.05, 3.63) is 71.2 Å². The molecule has 0 aliphatic rings. The van der Waals surface area contributed by atoms with Crippen LogP contribution in [0.3, 0.4) is 0 Å². The lowest BCUT2D eigenvalue weighted by atomic mass is 10.1. The number of aliphatic hydroxyl groups is 1. The maximum atomic E-state index is 13.9. The predicted molar refractivity (Wildman–Crippen MR) is 104 cm³/mol. The van der Waals surface area contributed by atoms with Crippen LogP contribution in [0.5, 0.6) is 5.88 Å². The predicted octanol–water partition coefficient (Wildman–Crippen LogP) is 3.66. The number of aromatic nitrogens is 4. The lowest BCUT2D eigenvalue weighted by Gasteiger charge is -2.11. The van der Waals surface area contributed by atoms with Gasteiger partial charge >= 0.3 is 0 Å². The fourth-order valence-electron chi connectivity index (χ4n) is 3.35. The van der Waals surface area contributed by atoms with Crippen LogP contribution in [0, 0.1) is 25.5 Å². The van der Waals surface area contributed by atoms with Gasteiger partial charge in [-0.25, -0.2) is 13.3 Å². The Bertz CT molecular complexity index is 1160. The maximum Gasteiger partial charge on any atom is 0.215 e. The van der Waals surface area contributed by atoms with E-state index in [-0.39, 0.29) is 18.8 Å². The number of pyridine rings is 1. The van der Waals surface area contributed by atoms with E-state index in [1.807, 2.05) is 26.1 Å². The van der Waals surface area contributed by atoms with Gasteiger partial charge in [0.1, 0.15) is 18.2 Å². The Balaban J connectivity index is 1.74. The molecule has 6 nitrogen and oxygen atoms in total. The standard InChI is InChI=1S/C21H20F2N4O2/c1-13-8-19-21(15-10-24-26(11-15)6-7-28)14(2)25-27(19)20(9-13)29-12-16-17(22)4-3-5-18(16)23/h3-5,8-11,28H,6-7,12H2,1-2H3. The minimum atomic E-state index is -0.650. The quantitative estimate of drug-likeness (QED) is 0.538. The van der Waals surface area contributed by atoms with Crippen LogP contribution >= 0.6 is 0 Å². The first kappa shape index (κ1) is 19.1. The smallest absolute Gasteiger partial charge is 0.215 e. The average Bonchev–Trinajstić information content (AvgIpc) is 3.25. The minimum absolute atomic E-state index is 0.00143. The average molecular weight is 398 g/mol. The van der Waals surface area contributed by atoms with Crippen molar-refractivity contribution in [3.63, 3.8) is 0 Å². The van der Waals surface area contributed by atoms with Crippen molar-refractivity contribution in [2.75, 3.05) is 6.61 Å². The largest absolute Gasteiger partial charge is 0.473 e. The molecule has 0 amide bonds. The lowest BCUT2D eigenvalue weighted by Crippen LogP contribution is -2.05. The van der Waals surface area contributed by atoms with Crippen molar-refractivity contribution in [1.29, 1.82) is 0 Å². The summed E-state index contributed by atoms with van der Waals surface area (Å²) in [5, 5.41) is 17.9. The Morgan fingerprint density at radius 3 is 2.62 bits per heavy atom. The fraction of sp³-hybridized carbons (Fsp3) is 0.238. The molecular weight excluding hydrogens is 378 g/mol. The fourth-order valence-corrected chi connectivity index (χ4v) is 3.35. The second-order valence-corrected chi connectivity index (χ2v) is 6.83. The van der Waals surface area contributed by atoms with Gasteiger partial charge in [0, 0.05) is 23.4 Å². The van der Waals surface area contributed by atoms with E-state index in [9.17, 15) is 8.78 Å². The van der Waals surface area contributed by atoms with Gasteiger partial charge < -0.3 is 9.84 Å². The van der Waals surface area contributed by atoms with Crippen LogP contribution in [0.2, 0.25) is 0 Å². The number of halogens is 2. The van der Waals surface area contributed by atoms with Crippen LogP contribution < -0.4 is 4.74 Å². The molecule has 150 valence electrons. The first-order valence-corrected chi connectivity index (χ1v) is 9.17. The van der Waals surface area contributed by atoms with Gasteiger partial charge in [-0.2, -0.15) is 10.2 Å². The molecule has 0 saturated heterocycles. The Kier molecular flexibility index (Phi) is 5.02. The van der Waals surface area contributed by atoms with Crippen LogP contribution in [0.1, 0.15) is 16.8 Å². The molecule has 0 bridgehead atoms. The van der Waals surface area contributed by atoms with Crippen LogP contribution in [-0.4, -0.2) is 31.1 Å². The number of rotatable bonds is 6. The van der Waals surface area contributed by atoms with Gasteiger partial charge in [0.05, 0.1) is 36.1 Å². The van der Waals surface area contributed by atoms with E-state index >= 15 is 0 Å². The maximum absolute atomic E-state index is 13.9.